The molecule has 7 nitrogen and oxygen atoms in total. The number of carbonyl (C=O) groups excluding carboxylic acids is 2. The van der Waals surface area contributed by atoms with Crippen LogP contribution in [-0.4, -0.2) is 61.1 Å². The predicted molar refractivity (Wildman–Crippen MR) is 108 cm³/mol. The minimum Gasteiger partial charge on any atom is -0.379 e. The second-order valence-electron chi connectivity index (χ2n) is 6.86. The Kier molecular flexibility index (Phi) is 6.73. The summed E-state index contributed by atoms with van der Waals surface area (Å²) in [5, 5.41) is 5.79. The molecule has 1 aromatic heterocycles. The summed E-state index contributed by atoms with van der Waals surface area (Å²) in [4.78, 5) is 31.3. The van der Waals surface area contributed by atoms with Gasteiger partial charge in [-0.3, -0.25) is 19.5 Å². The van der Waals surface area contributed by atoms with E-state index in [9.17, 15) is 9.59 Å². The Balaban J connectivity index is 1.59. The Morgan fingerprint density at radius 3 is 2.54 bits per heavy atom. The minimum atomic E-state index is -0.282. The highest BCUT2D eigenvalue weighted by Gasteiger charge is 2.14. The van der Waals surface area contributed by atoms with Gasteiger partial charge in [-0.1, -0.05) is 18.2 Å². The Hall–Kier alpha value is -2.77. The standard InChI is InChI=1S/C21H26N4O3/c1-15-4-3-5-16(2)19(15)24-20(26)17-6-7-22-18(14-17)21(27)23-8-9-25-10-12-28-13-11-25/h3-7,14H,8-13H2,1-2H3,(H,23,27)(H,24,26). The molecule has 0 aliphatic carbocycles. The summed E-state index contributed by atoms with van der Waals surface area (Å²) in [5.74, 6) is -0.544. The average molecular weight is 382 g/mol. The summed E-state index contributed by atoms with van der Waals surface area (Å²) in [6, 6.07) is 8.97. The molecule has 2 heterocycles. The second-order valence-corrected chi connectivity index (χ2v) is 6.86. The average Bonchev–Trinajstić information content (AvgIpc) is 2.71. The Morgan fingerprint density at radius 1 is 1.11 bits per heavy atom. The first-order chi connectivity index (χ1) is 13.5. The number of para-hydroxylation sites is 1. The summed E-state index contributed by atoms with van der Waals surface area (Å²) >= 11 is 0. The van der Waals surface area contributed by atoms with Gasteiger partial charge in [0.25, 0.3) is 11.8 Å². The summed E-state index contributed by atoms with van der Waals surface area (Å²) in [7, 11) is 0. The van der Waals surface area contributed by atoms with E-state index in [4.69, 9.17) is 4.74 Å². The monoisotopic (exact) mass is 382 g/mol. The molecule has 2 amide bonds. The van der Waals surface area contributed by atoms with Crippen molar-refractivity contribution in [2.24, 2.45) is 0 Å². The number of pyridine rings is 1. The Labute approximate surface area is 165 Å². The molecular weight excluding hydrogens is 356 g/mol. The number of amides is 2. The molecule has 0 bridgehead atoms. The predicted octanol–water partition coefficient (Wildman–Crippen LogP) is 2.01. The molecule has 0 atom stereocenters. The van der Waals surface area contributed by atoms with Gasteiger partial charge in [0.05, 0.1) is 13.2 Å². The van der Waals surface area contributed by atoms with Crippen LogP contribution in [-0.2, 0) is 4.74 Å². The van der Waals surface area contributed by atoms with E-state index in [1.165, 1.54) is 12.3 Å². The largest absolute Gasteiger partial charge is 0.379 e. The highest BCUT2D eigenvalue weighted by molar-refractivity contribution is 6.06. The van der Waals surface area contributed by atoms with E-state index in [1.807, 2.05) is 32.0 Å². The normalized spacial score (nSPS) is 14.5. The number of rotatable bonds is 6. The first-order valence-corrected chi connectivity index (χ1v) is 9.46. The summed E-state index contributed by atoms with van der Waals surface area (Å²) in [6.45, 7) is 8.40. The van der Waals surface area contributed by atoms with Crippen molar-refractivity contribution in [3.8, 4) is 0 Å². The fourth-order valence-electron chi connectivity index (χ4n) is 3.14. The molecule has 7 heteroatoms. The maximum Gasteiger partial charge on any atom is 0.269 e. The van der Waals surface area contributed by atoms with Gasteiger partial charge < -0.3 is 15.4 Å². The molecule has 0 unspecified atom stereocenters. The SMILES string of the molecule is Cc1cccc(C)c1NC(=O)c1ccnc(C(=O)NCCN2CCOCC2)c1. The van der Waals surface area contributed by atoms with Crippen molar-refractivity contribution in [2.75, 3.05) is 44.7 Å². The summed E-state index contributed by atoms with van der Waals surface area (Å²) < 4.78 is 5.31. The quantitative estimate of drug-likeness (QED) is 0.799. The van der Waals surface area contributed by atoms with Gasteiger partial charge in [-0.25, -0.2) is 0 Å². The number of aryl methyl sites for hydroxylation is 2. The van der Waals surface area contributed by atoms with E-state index in [-0.39, 0.29) is 17.5 Å². The number of hydrogen-bond donors (Lipinski definition) is 2. The lowest BCUT2D eigenvalue weighted by atomic mass is 10.1. The van der Waals surface area contributed by atoms with Gasteiger partial charge >= 0.3 is 0 Å². The van der Waals surface area contributed by atoms with Crippen LogP contribution < -0.4 is 10.6 Å². The lowest BCUT2D eigenvalue weighted by molar-refractivity contribution is 0.0383. The molecule has 1 aliphatic heterocycles. The third kappa shape index (κ3) is 5.15. The smallest absolute Gasteiger partial charge is 0.269 e. The van der Waals surface area contributed by atoms with Crippen molar-refractivity contribution in [1.82, 2.24) is 15.2 Å². The van der Waals surface area contributed by atoms with Crippen molar-refractivity contribution in [3.05, 3.63) is 58.9 Å². The molecular formula is C21H26N4O3. The fourth-order valence-corrected chi connectivity index (χ4v) is 3.14. The third-order valence-corrected chi connectivity index (χ3v) is 4.79. The number of ether oxygens (including phenoxy) is 1. The Morgan fingerprint density at radius 2 is 1.82 bits per heavy atom. The Bertz CT molecular complexity index is 827. The van der Waals surface area contributed by atoms with Crippen LogP contribution in [0.15, 0.2) is 36.5 Å². The molecule has 1 saturated heterocycles. The maximum absolute atomic E-state index is 12.6. The zero-order valence-electron chi connectivity index (χ0n) is 16.3. The van der Waals surface area contributed by atoms with Crippen LogP contribution in [0.2, 0.25) is 0 Å². The number of carbonyl (C=O) groups is 2. The fraction of sp³-hybridized carbons (Fsp3) is 0.381. The molecule has 2 N–H and O–H groups in total. The number of morpholine rings is 1. The topological polar surface area (TPSA) is 83.6 Å². The summed E-state index contributed by atoms with van der Waals surface area (Å²) in [6.07, 6.45) is 1.48. The van der Waals surface area contributed by atoms with E-state index in [2.05, 4.69) is 20.5 Å². The van der Waals surface area contributed by atoms with Crippen molar-refractivity contribution < 1.29 is 14.3 Å². The van der Waals surface area contributed by atoms with Crippen molar-refractivity contribution in [2.45, 2.75) is 13.8 Å². The molecule has 1 aliphatic rings. The molecule has 0 radical (unpaired) electrons. The number of nitrogens with zero attached hydrogens (tertiary/aromatic N) is 2. The minimum absolute atomic E-state index is 0.233. The van der Waals surface area contributed by atoms with E-state index in [0.717, 1.165) is 49.7 Å². The van der Waals surface area contributed by atoms with Crippen molar-refractivity contribution in [3.63, 3.8) is 0 Å². The zero-order valence-corrected chi connectivity index (χ0v) is 16.3. The molecule has 1 fully saturated rings. The molecule has 28 heavy (non-hydrogen) atoms. The third-order valence-electron chi connectivity index (χ3n) is 4.79. The summed E-state index contributed by atoms with van der Waals surface area (Å²) in [5.41, 5.74) is 3.40. The van der Waals surface area contributed by atoms with Gasteiger partial charge in [0, 0.05) is 43.6 Å². The number of benzene rings is 1. The molecule has 2 aromatic rings. The highest BCUT2D eigenvalue weighted by Crippen LogP contribution is 2.20. The van der Waals surface area contributed by atoms with Crippen LogP contribution in [0.25, 0.3) is 0 Å². The van der Waals surface area contributed by atoms with E-state index >= 15 is 0 Å². The molecule has 3 rings (SSSR count). The van der Waals surface area contributed by atoms with Crippen LogP contribution in [0.4, 0.5) is 5.69 Å². The number of anilines is 1. The van der Waals surface area contributed by atoms with Crippen LogP contribution in [0.5, 0.6) is 0 Å². The number of nitrogens with one attached hydrogen (secondary N) is 2. The second kappa shape index (κ2) is 9.43. The van der Waals surface area contributed by atoms with Gasteiger partial charge in [0.15, 0.2) is 0 Å². The first-order valence-electron chi connectivity index (χ1n) is 9.46. The van der Waals surface area contributed by atoms with Crippen LogP contribution in [0.3, 0.4) is 0 Å². The van der Waals surface area contributed by atoms with E-state index in [0.29, 0.717) is 12.1 Å². The van der Waals surface area contributed by atoms with Crippen molar-refractivity contribution in [1.29, 1.82) is 0 Å². The molecule has 0 spiro atoms. The van der Waals surface area contributed by atoms with Gasteiger partial charge in [-0.15, -0.1) is 0 Å². The van der Waals surface area contributed by atoms with Crippen LogP contribution in [0, 0.1) is 13.8 Å². The van der Waals surface area contributed by atoms with Crippen molar-refractivity contribution >= 4 is 17.5 Å². The molecule has 148 valence electrons. The van der Waals surface area contributed by atoms with Gasteiger partial charge in [-0.05, 0) is 37.1 Å². The van der Waals surface area contributed by atoms with Crippen LogP contribution >= 0.6 is 0 Å². The highest BCUT2D eigenvalue weighted by atomic mass is 16.5. The first kappa shape index (κ1) is 20.0. The number of hydrogen-bond acceptors (Lipinski definition) is 5. The molecule has 1 aromatic carbocycles. The van der Waals surface area contributed by atoms with E-state index in [1.54, 1.807) is 6.07 Å². The van der Waals surface area contributed by atoms with Gasteiger partial charge in [0.1, 0.15) is 5.69 Å². The van der Waals surface area contributed by atoms with Crippen LogP contribution in [0.1, 0.15) is 32.0 Å². The lowest BCUT2D eigenvalue weighted by Crippen LogP contribution is -2.41. The molecule has 0 saturated carbocycles. The van der Waals surface area contributed by atoms with Gasteiger partial charge in [-0.2, -0.15) is 0 Å². The zero-order chi connectivity index (χ0) is 19.9. The number of aromatic nitrogens is 1. The van der Waals surface area contributed by atoms with Gasteiger partial charge in [0.2, 0.25) is 0 Å². The lowest BCUT2D eigenvalue weighted by Gasteiger charge is -2.26. The maximum atomic E-state index is 12.6. The van der Waals surface area contributed by atoms with E-state index < -0.39 is 0 Å².